The highest BCUT2D eigenvalue weighted by Gasteiger charge is 2.22. The number of nitrogens with two attached hydrogens (primary N) is 1. The summed E-state index contributed by atoms with van der Waals surface area (Å²) in [6.07, 6.45) is 0. The lowest BCUT2D eigenvalue weighted by Gasteiger charge is -2.25. The summed E-state index contributed by atoms with van der Waals surface area (Å²) in [6, 6.07) is -0.431. The van der Waals surface area contributed by atoms with Crippen LogP contribution < -0.4 is 5.73 Å². The van der Waals surface area contributed by atoms with Crippen molar-refractivity contribution < 1.29 is 17.2 Å². The first kappa shape index (κ1) is 11.8. The fourth-order valence-electron chi connectivity index (χ4n) is 0.409. The van der Waals surface area contributed by atoms with Gasteiger partial charge in [-0.25, -0.2) is 4.18 Å². The topological polar surface area (TPSA) is 89.6 Å². The molecule has 0 aliphatic rings. The van der Waals surface area contributed by atoms with Crippen molar-refractivity contribution in [3.63, 3.8) is 0 Å². The van der Waals surface area contributed by atoms with E-state index in [1.807, 2.05) is 20.8 Å². The Labute approximate surface area is 72.9 Å². The van der Waals surface area contributed by atoms with E-state index < -0.39 is 16.4 Å². The second-order valence-electron chi connectivity index (χ2n) is 3.68. The first-order chi connectivity index (χ1) is 5.13. The molecule has 0 aliphatic carbocycles. The zero-order valence-corrected chi connectivity index (χ0v) is 8.26. The third-order valence-corrected chi connectivity index (χ3v) is 1.94. The fourth-order valence-corrected chi connectivity index (χ4v) is 0.728. The van der Waals surface area contributed by atoms with Gasteiger partial charge in [-0.15, -0.1) is 0 Å². The van der Waals surface area contributed by atoms with E-state index in [0.717, 1.165) is 0 Å². The first-order valence-corrected chi connectivity index (χ1v) is 4.87. The summed E-state index contributed by atoms with van der Waals surface area (Å²) < 4.78 is 32.6. The Kier molecular flexibility index (Phi) is 3.64. The summed E-state index contributed by atoms with van der Waals surface area (Å²) in [5, 5.41) is 0. The van der Waals surface area contributed by atoms with Crippen LogP contribution in [0.3, 0.4) is 0 Å². The Hall–Kier alpha value is -0.170. The van der Waals surface area contributed by atoms with E-state index in [1.165, 1.54) is 0 Å². The van der Waals surface area contributed by atoms with Gasteiger partial charge in [0.1, 0.15) is 0 Å². The monoisotopic (exact) mass is 197 g/mol. The van der Waals surface area contributed by atoms with E-state index in [2.05, 4.69) is 4.18 Å². The lowest BCUT2D eigenvalue weighted by atomic mass is 9.88. The van der Waals surface area contributed by atoms with Gasteiger partial charge in [-0.1, -0.05) is 20.8 Å². The lowest BCUT2D eigenvalue weighted by molar-refractivity contribution is 0.191. The van der Waals surface area contributed by atoms with Gasteiger partial charge in [-0.05, 0) is 5.41 Å². The molecule has 0 rings (SSSR count). The van der Waals surface area contributed by atoms with Crippen LogP contribution in [0, 0.1) is 5.41 Å². The number of hydrogen-bond donors (Lipinski definition) is 2. The van der Waals surface area contributed by atoms with Crippen LogP contribution >= 0.6 is 0 Å². The molecular formula is C6H15NO4S. The van der Waals surface area contributed by atoms with Crippen LogP contribution in [0.2, 0.25) is 0 Å². The largest absolute Gasteiger partial charge is 0.397 e. The molecule has 0 aromatic heterocycles. The highest BCUT2D eigenvalue weighted by molar-refractivity contribution is 7.80. The molecule has 0 saturated carbocycles. The normalized spacial score (nSPS) is 16.1. The van der Waals surface area contributed by atoms with Crippen LogP contribution in [-0.2, 0) is 14.6 Å². The van der Waals surface area contributed by atoms with Crippen LogP contribution in [0.4, 0.5) is 0 Å². The van der Waals surface area contributed by atoms with Crippen molar-refractivity contribution in [2.24, 2.45) is 11.1 Å². The van der Waals surface area contributed by atoms with Crippen molar-refractivity contribution in [3.05, 3.63) is 0 Å². The summed E-state index contributed by atoms with van der Waals surface area (Å²) in [6.45, 7) is 5.35. The molecule has 0 heterocycles. The Morgan fingerprint density at radius 2 is 1.92 bits per heavy atom. The van der Waals surface area contributed by atoms with E-state index >= 15 is 0 Å². The predicted octanol–water partition coefficient (Wildman–Crippen LogP) is 0.179. The molecule has 0 aromatic carbocycles. The van der Waals surface area contributed by atoms with E-state index in [9.17, 15) is 8.42 Å². The zero-order chi connectivity index (χ0) is 9.99. The van der Waals surface area contributed by atoms with Gasteiger partial charge in [-0.2, -0.15) is 8.42 Å². The molecule has 0 radical (unpaired) electrons. The van der Waals surface area contributed by atoms with Crippen LogP contribution in [0.1, 0.15) is 20.8 Å². The molecule has 0 bridgehead atoms. The van der Waals surface area contributed by atoms with Gasteiger partial charge in [0.05, 0.1) is 6.61 Å². The maximum Gasteiger partial charge on any atom is 0.397 e. The molecule has 74 valence electrons. The first-order valence-electron chi connectivity index (χ1n) is 3.50. The lowest BCUT2D eigenvalue weighted by Crippen LogP contribution is -2.39. The van der Waals surface area contributed by atoms with Gasteiger partial charge in [0.15, 0.2) is 0 Å². The Morgan fingerprint density at radius 3 is 2.17 bits per heavy atom. The van der Waals surface area contributed by atoms with Crippen molar-refractivity contribution in [1.29, 1.82) is 0 Å². The molecule has 0 amide bonds. The molecular weight excluding hydrogens is 182 g/mol. The molecule has 5 nitrogen and oxygen atoms in total. The highest BCUT2D eigenvalue weighted by Crippen LogP contribution is 2.17. The van der Waals surface area contributed by atoms with Gasteiger partial charge < -0.3 is 5.73 Å². The average molecular weight is 197 g/mol. The van der Waals surface area contributed by atoms with Gasteiger partial charge in [0, 0.05) is 6.04 Å². The van der Waals surface area contributed by atoms with Gasteiger partial charge >= 0.3 is 10.4 Å². The van der Waals surface area contributed by atoms with Crippen molar-refractivity contribution in [3.8, 4) is 0 Å². The third kappa shape index (κ3) is 5.48. The van der Waals surface area contributed by atoms with E-state index in [-0.39, 0.29) is 12.0 Å². The van der Waals surface area contributed by atoms with Crippen LogP contribution in [-0.4, -0.2) is 25.6 Å². The summed E-state index contributed by atoms with van der Waals surface area (Å²) in [5.74, 6) is 0. The maximum absolute atomic E-state index is 10.1. The number of hydrogen-bond acceptors (Lipinski definition) is 4. The standard InChI is InChI=1S/C6H15NO4S/c1-6(2,3)5(7)4-11-12(8,9)10/h5H,4,7H2,1-3H3,(H,8,9,10)/t5-/m1/s1. The Balaban J connectivity index is 3.97. The van der Waals surface area contributed by atoms with Crippen molar-refractivity contribution in [1.82, 2.24) is 0 Å². The van der Waals surface area contributed by atoms with Gasteiger partial charge in [0.25, 0.3) is 0 Å². The molecule has 6 heteroatoms. The van der Waals surface area contributed by atoms with Gasteiger partial charge in [-0.3, -0.25) is 4.55 Å². The molecule has 0 saturated heterocycles. The second kappa shape index (κ2) is 3.69. The zero-order valence-electron chi connectivity index (χ0n) is 7.44. The molecule has 0 aromatic rings. The van der Waals surface area contributed by atoms with Gasteiger partial charge in [0.2, 0.25) is 0 Å². The van der Waals surface area contributed by atoms with E-state index in [4.69, 9.17) is 10.3 Å². The quantitative estimate of drug-likeness (QED) is 0.630. The van der Waals surface area contributed by atoms with Crippen molar-refractivity contribution in [2.75, 3.05) is 6.61 Å². The molecule has 12 heavy (non-hydrogen) atoms. The minimum atomic E-state index is -4.36. The fraction of sp³-hybridized carbons (Fsp3) is 1.00. The van der Waals surface area contributed by atoms with Crippen molar-refractivity contribution >= 4 is 10.4 Å². The smallest absolute Gasteiger partial charge is 0.325 e. The van der Waals surface area contributed by atoms with E-state index in [1.54, 1.807) is 0 Å². The average Bonchev–Trinajstić information content (AvgIpc) is 1.78. The van der Waals surface area contributed by atoms with Crippen LogP contribution in [0.5, 0.6) is 0 Å². The Morgan fingerprint density at radius 1 is 1.50 bits per heavy atom. The molecule has 0 unspecified atom stereocenters. The molecule has 0 aliphatic heterocycles. The minimum absolute atomic E-state index is 0.206. The summed E-state index contributed by atoms with van der Waals surface area (Å²) in [7, 11) is -4.36. The Bertz CT molecular complexity index is 228. The van der Waals surface area contributed by atoms with Crippen molar-refractivity contribution in [2.45, 2.75) is 26.8 Å². The van der Waals surface area contributed by atoms with Crippen LogP contribution in [0.15, 0.2) is 0 Å². The minimum Gasteiger partial charge on any atom is -0.325 e. The van der Waals surface area contributed by atoms with Crippen LogP contribution in [0.25, 0.3) is 0 Å². The summed E-state index contributed by atoms with van der Waals surface area (Å²) >= 11 is 0. The molecule has 3 N–H and O–H groups in total. The molecule has 0 fully saturated rings. The molecule has 0 spiro atoms. The highest BCUT2D eigenvalue weighted by atomic mass is 32.3. The predicted molar refractivity (Wildman–Crippen MR) is 44.9 cm³/mol. The second-order valence-corrected chi connectivity index (χ2v) is 4.78. The summed E-state index contributed by atoms with van der Waals surface area (Å²) in [4.78, 5) is 0. The molecule has 1 atom stereocenters. The number of rotatable bonds is 3. The summed E-state index contributed by atoms with van der Waals surface area (Å²) in [5.41, 5.74) is 5.31. The SMILES string of the molecule is CC(C)(C)[C@H](N)COS(=O)(=O)O. The maximum atomic E-state index is 10.1. The van der Waals surface area contributed by atoms with E-state index in [0.29, 0.717) is 0 Å². The third-order valence-electron chi connectivity index (χ3n) is 1.51.